The van der Waals surface area contributed by atoms with Crippen LogP contribution in [-0.2, 0) is 9.59 Å². The molecule has 0 heterocycles. The van der Waals surface area contributed by atoms with Gasteiger partial charge < -0.3 is 15.5 Å². The Morgan fingerprint density at radius 1 is 1.05 bits per heavy atom. The van der Waals surface area contributed by atoms with Gasteiger partial charge >= 0.3 is 0 Å². The van der Waals surface area contributed by atoms with E-state index in [0.29, 0.717) is 13.1 Å². The van der Waals surface area contributed by atoms with E-state index < -0.39 is 5.41 Å². The molecule has 5 heteroatoms. The topological polar surface area (TPSA) is 66.6 Å². The third-order valence-corrected chi connectivity index (χ3v) is 3.80. The van der Waals surface area contributed by atoms with E-state index in [1.807, 2.05) is 6.92 Å². The predicted molar refractivity (Wildman–Crippen MR) is 82.3 cm³/mol. The lowest BCUT2D eigenvalue weighted by atomic mass is 9.78. The van der Waals surface area contributed by atoms with E-state index in [1.165, 1.54) is 4.90 Å². The van der Waals surface area contributed by atoms with Gasteiger partial charge in [-0.15, -0.1) is 0 Å². The largest absolute Gasteiger partial charge is 0.347 e. The summed E-state index contributed by atoms with van der Waals surface area (Å²) in [6.45, 7) is 7.05. The SMILES string of the molecule is CCCC(CN)(CCC)C(=O)N(CC)CC(=O)N(C)C. The fraction of sp³-hybridized carbons (Fsp3) is 0.867. The number of hydrogen-bond acceptors (Lipinski definition) is 3. The number of carbonyl (C=O) groups excluding carboxylic acids is 2. The van der Waals surface area contributed by atoms with Crippen LogP contribution < -0.4 is 5.73 Å². The van der Waals surface area contributed by atoms with Crippen LogP contribution in [0.5, 0.6) is 0 Å². The number of amides is 2. The Labute approximate surface area is 123 Å². The predicted octanol–water partition coefficient (Wildman–Crippen LogP) is 1.47. The average Bonchev–Trinajstić information content (AvgIpc) is 2.43. The monoisotopic (exact) mass is 285 g/mol. The van der Waals surface area contributed by atoms with Crippen LogP contribution in [0.15, 0.2) is 0 Å². The van der Waals surface area contributed by atoms with E-state index in [-0.39, 0.29) is 18.4 Å². The molecule has 20 heavy (non-hydrogen) atoms. The van der Waals surface area contributed by atoms with Crippen molar-refractivity contribution >= 4 is 11.8 Å². The molecular formula is C15H31N3O2. The van der Waals surface area contributed by atoms with Gasteiger partial charge in [-0.2, -0.15) is 0 Å². The highest BCUT2D eigenvalue weighted by Crippen LogP contribution is 2.31. The Bertz CT molecular complexity index is 310. The van der Waals surface area contributed by atoms with Crippen LogP contribution >= 0.6 is 0 Å². The molecule has 0 aliphatic carbocycles. The fourth-order valence-electron chi connectivity index (χ4n) is 2.55. The molecule has 0 unspecified atom stereocenters. The Kier molecular flexibility index (Phi) is 8.46. The number of likely N-dealkylation sites (N-methyl/N-ethyl adjacent to an activating group) is 2. The maximum atomic E-state index is 12.8. The van der Waals surface area contributed by atoms with E-state index in [4.69, 9.17) is 5.73 Å². The molecule has 118 valence electrons. The molecule has 0 aliphatic rings. The molecule has 0 aliphatic heterocycles. The van der Waals surface area contributed by atoms with Crippen LogP contribution in [0.25, 0.3) is 0 Å². The van der Waals surface area contributed by atoms with Gasteiger partial charge in [-0.3, -0.25) is 9.59 Å². The highest BCUT2D eigenvalue weighted by Gasteiger charge is 2.38. The van der Waals surface area contributed by atoms with Crippen molar-refractivity contribution in [2.45, 2.75) is 46.5 Å². The summed E-state index contributed by atoms with van der Waals surface area (Å²) in [6, 6.07) is 0. The summed E-state index contributed by atoms with van der Waals surface area (Å²) in [7, 11) is 3.41. The van der Waals surface area contributed by atoms with Crippen LogP contribution in [0.2, 0.25) is 0 Å². The molecule has 0 atom stereocenters. The zero-order valence-electron chi connectivity index (χ0n) is 13.7. The molecule has 2 amide bonds. The Hall–Kier alpha value is -1.10. The van der Waals surface area contributed by atoms with E-state index >= 15 is 0 Å². The molecule has 0 saturated heterocycles. The molecule has 5 nitrogen and oxygen atoms in total. The van der Waals surface area contributed by atoms with E-state index in [9.17, 15) is 9.59 Å². The van der Waals surface area contributed by atoms with Crippen molar-refractivity contribution < 1.29 is 9.59 Å². The highest BCUT2D eigenvalue weighted by atomic mass is 16.2. The van der Waals surface area contributed by atoms with E-state index in [0.717, 1.165) is 25.7 Å². The maximum absolute atomic E-state index is 12.8. The number of carbonyl (C=O) groups is 2. The van der Waals surface area contributed by atoms with Crippen LogP contribution in [0.1, 0.15) is 46.5 Å². The second-order valence-electron chi connectivity index (χ2n) is 5.59. The molecular weight excluding hydrogens is 254 g/mol. The molecule has 2 N–H and O–H groups in total. The molecule has 0 spiro atoms. The standard InChI is InChI=1S/C15H31N3O2/c1-6-9-15(12-16,10-7-2)14(20)18(8-3)11-13(19)17(4)5/h6-12,16H2,1-5H3. The van der Waals surface area contributed by atoms with Crippen molar-refractivity contribution in [2.24, 2.45) is 11.1 Å². The first-order valence-electron chi connectivity index (χ1n) is 7.58. The molecule has 0 aromatic heterocycles. The van der Waals surface area contributed by atoms with Crippen molar-refractivity contribution in [3.05, 3.63) is 0 Å². The molecule has 0 aromatic carbocycles. The van der Waals surface area contributed by atoms with Gasteiger partial charge in [0.15, 0.2) is 0 Å². The quantitative estimate of drug-likeness (QED) is 0.697. The number of nitrogens with zero attached hydrogens (tertiary/aromatic N) is 2. The number of hydrogen-bond donors (Lipinski definition) is 1. The Morgan fingerprint density at radius 2 is 1.55 bits per heavy atom. The first kappa shape index (κ1) is 18.9. The molecule has 0 saturated carbocycles. The van der Waals surface area contributed by atoms with Crippen LogP contribution in [0, 0.1) is 5.41 Å². The summed E-state index contributed by atoms with van der Waals surface area (Å²) in [5.74, 6) is -0.0273. The molecule has 0 fully saturated rings. The van der Waals surface area contributed by atoms with Gasteiger partial charge in [0.1, 0.15) is 0 Å². The van der Waals surface area contributed by atoms with E-state index in [1.54, 1.807) is 19.0 Å². The van der Waals surface area contributed by atoms with Crippen LogP contribution in [-0.4, -0.2) is 55.3 Å². The summed E-state index contributed by atoms with van der Waals surface area (Å²) < 4.78 is 0. The van der Waals surface area contributed by atoms with Crippen molar-refractivity contribution in [1.82, 2.24) is 9.80 Å². The summed E-state index contributed by atoms with van der Waals surface area (Å²) in [5.41, 5.74) is 5.41. The maximum Gasteiger partial charge on any atom is 0.241 e. The molecule has 0 aromatic rings. The number of nitrogens with two attached hydrogens (primary N) is 1. The minimum atomic E-state index is -0.508. The second-order valence-corrected chi connectivity index (χ2v) is 5.59. The van der Waals surface area contributed by atoms with Crippen molar-refractivity contribution in [3.8, 4) is 0 Å². The average molecular weight is 285 g/mol. The first-order valence-corrected chi connectivity index (χ1v) is 7.58. The van der Waals surface area contributed by atoms with Gasteiger partial charge in [0.2, 0.25) is 11.8 Å². The van der Waals surface area contributed by atoms with Crippen molar-refractivity contribution in [3.63, 3.8) is 0 Å². The third-order valence-electron chi connectivity index (χ3n) is 3.80. The van der Waals surface area contributed by atoms with Gasteiger partial charge in [0, 0.05) is 27.2 Å². The summed E-state index contributed by atoms with van der Waals surface area (Å²) in [4.78, 5) is 27.8. The normalized spacial score (nSPS) is 11.3. The summed E-state index contributed by atoms with van der Waals surface area (Å²) in [5, 5.41) is 0. The Morgan fingerprint density at radius 3 is 1.85 bits per heavy atom. The minimum Gasteiger partial charge on any atom is -0.347 e. The minimum absolute atomic E-state index is 0.0291. The highest BCUT2D eigenvalue weighted by molar-refractivity contribution is 5.88. The van der Waals surface area contributed by atoms with Crippen molar-refractivity contribution in [2.75, 3.05) is 33.7 Å². The lowest BCUT2D eigenvalue weighted by Gasteiger charge is -2.36. The van der Waals surface area contributed by atoms with Gasteiger partial charge in [-0.25, -0.2) is 0 Å². The van der Waals surface area contributed by atoms with Gasteiger partial charge in [0.05, 0.1) is 12.0 Å². The van der Waals surface area contributed by atoms with Gasteiger partial charge in [0.25, 0.3) is 0 Å². The fourth-order valence-corrected chi connectivity index (χ4v) is 2.55. The number of rotatable bonds is 9. The van der Waals surface area contributed by atoms with Gasteiger partial charge in [-0.1, -0.05) is 26.7 Å². The lowest BCUT2D eigenvalue weighted by Crippen LogP contribution is -2.50. The van der Waals surface area contributed by atoms with Crippen LogP contribution in [0.3, 0.4) is 0 Å². The lowest BCUT2D eigenvalue weighted by molar-refractivity contribution is -0.147. The smallest absolute Gasteiger partial charge is 0.241 e. The zero-order chi connectivity index (χ0) is 15.8. The van der Waals surface area contributed by atoms with Gasteiger partial charge in [-0.05, 0) is 19.8 Å². The molecule has 0 radical (unpaired) electrons. The molecule has 0 rings (SSSR count). The van der Waals surface area contributed by atoms with Crippen molar-refractivity contribution in [1.29, 1.82) is 0 Å². The Balaban J connectivity index is 5.13. The molecule has 0 bridgehead atoms. The second kappa shape index (κ2) is 8.95. The third kappa shape index (κ3) is 4.78. The van der Waals surface area contributed by atoms with E-state index in [2.05, 4.69) is 13.8 Å². The first-order chi connectivity index (χ1) is 9.38. The summed E-state index contributed by atoms with van der Waals surface area (Å²) in [6.07, 6.45) is 3.40. The summed E-state index contributed by atoms with van der Waals surface area (Å²) >= 11 is 0. The van der Waals surface area contributed by atoms with Crippen LogP contribution in [0.4, 0.5) is 0 Å². The zero-order valence-corrected chi connectivity index (χ0v) is 13.7.